The van der Waals surface area contributed by atoms with Crippen molar-refractivity contribution in [1.82, 2.24) is 19.6 Å². The van der Waals surface area contributed by atoms with Gasteiger partial charge in [0.1, 0.15) is 18.0 Å². The summed E-state index contributed by atoms with van der Waals surface area (Å²) in [7, 11) is 0. The maximum atomic E-state index is 9.28. The lowest BCUT2D eigenvalue weighted by atomic mass is 9.95. The summed E-state index contributed by atoms with van der Waals surface area (Å²) in [6.45, 7) is 0. The topological polar surface area (TPSA) is 105 Å². The van der Waals surface area contributed by atoms with Gasteiger partial charge in [-0.05, 0) is 12.8 Å². The van der Waals surface area contributed by atoms with Crippen LogP contribution in [0.4, 0.5) is 11.8 Å². The summed E-state index contributed by atoms with van der Waals surface area (Å²) in [6, 6.07) is 2.52. The van der Waals surface area contributed by atoms with Crippen LogP contribution in [-0.4, -0.2) is 25.6 Å². The van der Waals surface area contributed by atoms with Gasteiger partial charge in [0.15, 0.2) is 11.5 Å². The summed E-state index contributed by atoms with van der Waals surface area (Å²) >= 11 is 0. The van der Waals surface area contributed by atoms with E-state index in [4.69, 9.17) is 5.73 Å². The van der Waals surface area contributed by atoms with Gasteiger partial charge in [-0.1, -0.05) is 19.3 Å². The van der Waals surface area contributed by atoms with E-state index in [1.807, 2.05) is 0 Å². The van der Waals surface area contributed by atoms with Crippen LogP contribution in [0.3, 0.4) is 0 Å². The van der Waals surface area contributed by atoms with Crippen LogP contribution in [0.2, 0.25) is 0 Å². The maximum absolute atomic E-state index is 9.28. The number of anilines is 2. The minimum absolute atomic E-state index is 0.234. The van der Waals surface area contributed by atoms with Crippen molar-refractivity contribution in [1.29, 1.82) is 5.26 Å². The lowest BCUT2D eigenvalue weighted by Gasteiger charge is -2.22. The second-order valence-electron chi connectivity index (χ2n) is 4.78. The predicted octanol–water partition coefficient (Wildman–Crippen LogP) is 1.32. The molecule has 0 bridgehead atoms. The molecule has 7 heteroatoms. The third-order valence-electron chi connectivity index (χ3n) is 3.51. The van der Waals surface area contributed by atoms with Crippen molar-refractivity contribution < 1.29 is 0 Å². The Morgan fingerprint density at radius 3 is 2.84 bits per heavy atom. The highest BCUT2D eigenvalue weighted by Crippen LogP contribution is 2.24. The smallest absolute Gasteiger partial charge is 0.224 e. The highest BCUT2D eigenvalue weighted by atomic mass is 15.4. The summed E-state index contributed by atoms with van der Waals surface area (Å²) in [4.78, 5) is 7.95. The number of nitrogen functional groups attached to an aromatic ring is 1. The molecule has 1 aliphatic carbocycles. The van der Waals surface area contributed by atoms with Crippen molar-refractivity contribution in [2.45, 2.75) is 38.1 Å². The van der Waals surface area contributed by atoms with E-state index in [1.54, 1.807) is 0 Å². The van der Waals surface area contributed by atoms with Crippen molar-refractivity contribution in [3.8, 4) is 6.07 Å². The molecule has 2 aromatic heterocycles. The molecule has 2 aromatic rings. The molecule has 2 heterocycles. The van der Waals surface area contributed by atoms with Crippen LogP contribution in [0.5, 0.6) is 0 Å². The number of nitriles is 1. The molecular weight excluding hydrogens is 242 g/mol. The van der Waals surface area contributed by atoms with Gasteiger partial charge in [-0.3, -0.25) is 0 Å². The molecule has 3 N–H and O–H groups in total. The molecule has 0 unspecified atom stereocenters. The van der Waals surface area contributed by atoms with Gasteiger partial charge in [-0.15, -0.1) is 5.10 Å². The van der Waals surface area contributed by atoms with Crippen LogP contribution in [0.25, 0.3) is 5.65 Å². The average molecular weight is 257 g/mol. The Morgan fingerprint density at radius 1 is 1.32 bits per heavy atom. The van der Waals surface area contributed by atoms with Gasteiger partial charge in [-0.25, -0.2) is 9.97 Å². The molecule has 0 saturated heterocycles. The summed E-state index contributed by atoms with van der Waals surface area (Å²) < 4.78 is 1.41. The van der Waals surface area contributed by atoms with Crippen LogP contribution in [-0.2, 0) is 0 Å². The first kappa shape index (κ1) is 11.7. The third-order valence-corrected chi connectivity index (χ3v) is 3.51. The minimum Gasteiger partial charge on any atom is -0.368 e. The van der Waals surface area contributed by atoms with Gasteiger partial charge in [-0.2, -0.15) is 9.78 Å². The number of rotatable bonds is 2. The summed E-state index contributed by atoms with van der Waals surface area (Å²) in [5.74, 6) is 0.791. The van der Waals surface area contributed by atoms with Gasteiger partial charge >= 0.3 is 0 Å². The molecule has 0 atom stereocenters. The maximum Gasteiger partial charge on any atom is 0.224 e. The zero-order valence-corrected chi connectivity index (χ0v) is 10.5. The van der Waals surface area contributed by atoms with E-state index in [2.05, 4.69) is 26.5 Å². The van der Waals surface area contributed by atoms with E-state index in [9.17, 15) is 5.26 Å². The number of hydrogen-bond acceptors (Lipinski definition) is 6. The Bertz CT molecular complexity index is 633. The van der Waals surface area contributed by atoms with Gasteiger partial charge in [0.2, 0.25) is 5.95 Å². The quantitative estimate of drug-likeness (QED) is 0.840. The van der Waals surface area contributed by atoms with Gasteiger partial charge in [0, 0.05) is 6.04 Å². The zero-order chi connectivity index (χ0) is 13.2. The van der Waals surface area contributed by atoms with E-state index in [1.165, 1.54) is 30.1 Å². The first-order valence-corrected chi connectivity index (χ1v) is 6.45. The number of fused-ring (bicyclic) bond motifs is 1. The fraction of sp³-hybridized carbons (Fsp3) is 0.500. The van der Waals surface area contributed by atoms with Gasteiger partial charge < -0.3 is 11.1 Å². The number of hydrogen-bond donors (Lipinski definition) is 2. The monoisotopic (exact) mass is 257 g/mol. The number of nitrogens with zero attached hydrogens (tertiary/aromatic N) is 5. The molecule has 1 fully saturated rings. The molecule has 0 spiro atoms. The highest BCUT2D eigenvalue weighted by Gasteiger charge is 2.20. The molecule has 7 nitrogen and oxygen atoms in total. The minimum atomic E-state index is 0.234. The van der Waals surface area contributed by atoms with Crippen LogP contribution in [0.1, 0.15) is 37.7 Å². The molecular formula is C12H15N7. The van der Waals surface area contributed by atoms with Crippen LogP contribution in [0, 0.1) is 11.3 Å². The standard InChI is InChI=1S/C12H15N7/c13-6-9-10(17-8-4-2-1-3-5-8)18-19-11(9)15-7-16-12(19)14/h7-8H,1-5H2,(H,17,18)(H2,14,15,16). The Balaban J connectivity index is 1.98. The predicted molar refractivity (Wildman–Crippen MR) is 70.4 cm³/mol. The molecule has 98 valence electrons. The van der Waals surface area contributed by atoms with E-state index >= 15 is 0 Å². The average Bonchev–Trinajstić information content (AvgIpc) is 2.79. The van der Waals surface area contributed by atoms with Crippen LogP contribution in [0.15, 0.2) is 6.33 Å². The van der Waals surface area contributed by atoms with Crippen LogP contribution < -0.4 is 11.1 Å². The third kappa shape index (κ3) is 2.05. The van der Waals surface area contributed by atoms with E-state index in [-0.39, 0.29) is 5.95 Å². The summed E-state index contributed by atoms with van der Waals surface area (Å²) in [6.07, 6.45) is 7.29. The number of aromatic nitrogens is 4. The Kier molecular flexibility index (Phi) is 2.91. The van der Waals surface area contributed by atoms with E-state index < -0.39 is 0 Å². The largest absolute Gasteiger partial charge is 0.368 e. The molecule has 0 aliphatic heterocycles. The molecule has 0 radical (unpaired) electrons. The molecule has 1 saturated carbocycles. The number of nitrogens with two attached hydrogens (primary N) is 1. The molecule has 0 amide bonds. The van der Waals surface area contributed by atoms with Crippen molar-refractivity contribution in [2.75, 3.05) is 11.1 Å². The molecule has 3 rings (SSSR count). The zero-order valence-electron chi connectivity index (χ0n) is 10.5. The SMILES string of the molecule is N#Cc1c(NC2CCCCC2)nn2c(N)ncnc12. The lowest BCUT2D eigenvalue weighted by Crippen LogP contribution is -2.22. The Morgan fingerprint density at radius 2 is 2.11 bits per heavy atom. The Labute approximate surface area is 110 Å². The van der Waals surface area contributed by atoms with Crippen LogP contribution >= 0.6 is 0 Å². The fourth-order valence-electron chi connectivity index (χ4n) is 2.53. The van der Waals surface area contributed by atoms with E-state index in [0.29, 0.717) is 23.1 Å². The lowest BCUT2D eigenvalue weighted by molar-refractivity contribution is 0.461. The first-order chi connectivity index (χ1) is 9.29. The highest BCUT2D eigenvalue weighted by molar-refractivity contribution is 5.68. The summed E-state index contributed by atoms with van der Waals surface area (Å²) in [5, 5.41) is 16.9. The Hall–Kier alpha value is -2.36. The van der Waals surface area contributed by atoms with Crippen molar-refractivity contribution in [2.24, 2.45) is 0 Å². The molecule has 19 heavy (non-hydrogen) atoms. The van der Waals surface area contributed by atoms with Gasteiger partial charge in [0.05, 0.1) is 0 Å². The summed E-state index contributed by atoms with van der Waals surface area (Å²) in [5.41, 5.74) is 6.62. The molecule has 1 aliphatic rings. The molecule has 0 aromatic carbocycles. The van der Waals surface area contributed by atoms with Crippen molar-refractivity contribution >= 4 is 17.4 Å². The first-order valence-electron chi connectivity index (χ1n) is 6.45. The number of nitrogens with one attached hydrogen (secondary N) is 1. The fourth-order valence-corrected chi connectivity index (χ4v) is 2.53. The van der Waals surface area contributed by atoms with E-state index in [0.717, 1.165) is 12.8 Å². The normalized spacial score (nSPS) is 16.4. The second kappa shape index (κ2) is 4.72. The van der Waals surface area contributed by atoms with Gasteiger partial charge in [0.25, 0.3) is 0 Å². The van der Waals surface area contributed by atoms with Crippen molar-refractivity contribution in [3.05, 3.63) is 11.9 Å². The second-order valence-corrected chi connectivity index (χ2v) is 4.78. The van der Waals surface area contributed by atoms with Crippen molar-refractivity contribution in [3.63, 3.8) is 0 Å².